The molecule has 1 heterocycles. The Hall–Kier alpha value is -2.29. The van der Waals surface area contributed by atoms with Gasteiger partial charge in [0.25, 0.3) is 0 Å². The van der Waals surface area contributed by atoms with Gasteiger partial charge in [0.2, 0.25) is 0 Å². The number of fused-ring (bicyclic) bond motifs is 1. The van der Waals surface area contributed by atoms with E-state index < -0.39 is 0 Å². The maximum atomic E-state index is 5.76. The molecule has 0 saturated carbocycles. The van der Waals surface area contributed by atoms with Crippen molar-refractivity contribution in [2.75, 3.05) is 5.73 Å². The minimum atomic E-state index is 0.591. The fourth-order valence-electron chi connectivity index (χ4n) is 2.65. The van der Waals surface area contributed by atoms with Gasteiger partial charge in [-0.3, -0.25) is 0 Å². The quantitative estimate of drug-likeness (QED) is 0.737. The van der Waals surface area contributed by atoms with Gasteiger partial charge < -0.3 is 10.3 Å². The number of hydrogen-bond acceptors (Lipinski definition) is 2. The maximum Gasteiger partial charge on any atom is 0.114 e. The van der Waals surface area contributed by atoms with E-state index in [9.17, 15) is 0 Å². The monoisotopic (exact) mass is 279 g/mol. The molecule has 3 heteroatoms. The number of para-hydroxylation sites is 2. The van der Waals surface area contributed by atoms with E-state index in [2.05, 4.69) is 48.7 Å². The van der Waals surface area contributed by atoms with Gasteiger partial charge in [0.15, 0.2) is 0 Å². The molecule has 0 atom stereocenters. The van der Waals surface area contributed by atoms with Crippen LogP contribution in [0.5, 0.6) is 0 Å². The molecule has 0 unspecified atom stereocenters. The molecule has 3 nitrogen and oxygen atoms in total. The standard InChI is InChI=1S/C18H21N3/c1-13(2)12-21-17-6-4-3-5-16(17)20-18(21)11-14-7-9-15(19)10-8-14/h3-10,13H,11-12,19H2,1-2H3. The summed E-state index contributed by atoms with van der Waals surface area (Å²) in [5.74, 6) is 1.71. The maximum absolute atomic E-state index is 5.76. The van der Waals surface area contributed by atoms with Crippen LogP contribution in [0.3, 0.4) is 0 Å². The van der Waals surface area contributed by atoms with E-state index in [1.165, 1.54) is 11.1 Å². The Morgan fingerprint density at radius 3 is 2.48 bits per heavy atom. The lowest BCUT2D eigenvalue weighted by atomic mass is 10.1. The summed E-state index contributed by atoms with van der Waals surface area (Å²) >= 11 is 0. The smallest absolute Gasteiger partial charge is 0.114 e. The molecule has 0 spiro atoms. The molecule has 0 aliphatic rings. The second-order valence-electron chi connectivity index (χ2n) is 5.94. The van der Waals surface area contributed by atoms with Crippen molar-refractivity contribution >= 4 is 16.7 Å². The lowest BCUT2D eigenvalue weighted by molar-refractivity contribution is 0.520. The van der Waals surface area contributed by atoms with Crippen LogP contribution in [0.15, 0.2) is 48.5 Å². The first-order valence-electron chi connectivity index (χ1n) is 7.42. The van der Waals surface area contributed by atoms with Crippen LogP contribution in [0.2, 0.25) is 0 Å². The van der Waals surface area contributed by atoms with Gasteiger partial charge in [0.1, 0.15) is 5.82 Å². The third-order valence-electron chi connectivity index (χ3n) is 3.62. The molecule has 1 aromatic heterocycles. The number of benzene rings is 2. The first kappa shape index (κ1) is 13.7. The number of aromatic nitrogens is 2. The van der Waals surface area contributed by atoms with E-state index in [0.717, 1.165) is 30.0 Å². The van der Waals surface area contributed by atoms with Crippen LogP contribution >= 0.6 is 0 Å². The van der Waals surface area contributed by atoms with Crippen molar-refractivity contribution < 1.29 is 0 Å². The Morgan fingerprint density at radius 2 is 1.76 bits per heavy atom. The number of nitrogens with two attached hydrogens (primary N) is 1. The van der Waals surface area contributed by atoms with Crippen molar-refractivity contribution in [2.24, 2.45) is 5.92 Å². The molecule has 0 aliphatic heterocycles. The third kappa shape index (κ3) is 2.92. The highest BCUT2D eigenvalue weighted by Gasteiger charge is 2.11. The molecular formula is C18H21N3. The van der Waals surface area contributed by atoms with Crippen molar-refractivity contribution in [3.05, 3.63) is 59.9 Å². The van der Waals surface area contributed by atoms with E-state index in [-0.39, 0.29) is 0 Å². The molecule has 0 saturated heterocycles. The van der Waals surface area contributed by atoms with Gasteiger partial charge in [0, 0.05) is 18.7 Å². The van der Waals surface area contributed by atoms with Crippen LogP contribution in [-0.2, 0) is 13.0 Å². The predicted octanol–water partition coefficient (Wildman–Crippen LogP) is 3.87. The van der Waals surface area contributed by atoms with Gasteiger partial charge in [-0.1, -0.05) is 38.1 Å². The number of nitrogens with zero attached hydrogens (tertiary/aromatic N) is 2. The Balaban J connectivity index is 2.02. The van der Waals surface area contributed by atoms with Gasteiger partial charge in [0.05, 0.1) is 11.0 Å². The molecule has 3 rings (SSSR count). The fraction of sp³-hybridized carbons (Fsp3) is 0.278. The molecule has 0 bridgehead atoms. The molecule has 0 amide bonds. The largest absolute Gasteiger partial charge is 0.399 e. The summed E-state index contributed by atoms with van der Waals surface area (Å²) in [4.78, 5) is 4.82. The molecule has 0 radical (unpaired) electrons. The molecule has 0 fully saturated rings. The number of hydrogen-bond donors (Lipinski definition) is 1. The summed E-state index contributed by atoms with van der Waals surface area (Å²) in [5.41, 5.74) is 10.1. The molecule has 21 heavy (non-hydrogen) atoms. The topological polar surface area (TPSA) is 43.8 Å². The predicted molar refractivity (Wildman–Crippen MR) is 88.2 cm³/mol. The molecule has 2 aromatic carbocycles. The average molecular weight is 279 g/mol. The second-order valence-corrected chi connectivity index (χ2v) is 5.94. The van der Waals surface area contributed by atoms with E-state index >= 15 is 0 Å². The molecule has 3 aromatic rings. The minimum Gasteiger partial charge on any atom is -0.399 e. The first-order valence-corrected chi connectivity index (χ1v) is 7.42. The van der Waals surface area contributed by atoms with E-state index in [1.54, 1.807) is 0 Å². The SMILES string of the molecule is CC(C)Cn1c(Cc2ccc(N)cc2)nc2ccccc21. The molecule has 2 N–H and O–H groups in total. The lowest BCUT2D eigenvalue weighted by Crippen LogP contribution is -2.09. The van der Waals surface area contributed by atoms with Crippen LogP contribution < -0.4 is 5.73 Å². The number of rotatable bonds is 4. The van der Waals surface area contributed by atoms with Crippen LogP contribution in [0.25, 0.3) is 11.0 Å². The molecule has 0 aliphatic carbocycles. The second kappa shape index (κ2) is 5.60. The highest BCUT2D eigenvalue weighted by Crippen LogP contribution is 2.20. The van der Waals surface area contributed by atoms with Crippen LogP contribution in [0, 0.1) is 5.92 Å². The summed E-state index contributed by atoms with van der Waals surface area (Å²) < 4.78 is 2.34. The van der Waals surface area contributed by atoms with Crippen molar-refractivity contribution in [1.82, 2.24) is 9.55 Å². The van der Waals surface area contributed by atoms with Crippen molar-refractivity contribution in [2.45, 2.75) is 26.8 Å². The molecular weight excluding hydrogens is 258 g/mol. The highest BCUT2D eigenvalue weighted by molar-refractivity contribution is 5.76. The van der Waals surface area contributed by atoms with Crippen molar-refractivity contribution in [3.8, 4) is 0 Å². The zero-order valence-electron chi connectivity index (χ0n) is 12.6. The van der Waals surface area contributed by atoms with E-state index in [0.29, 0.717) is 5.92 Å². The minimum absolute atomic E-state index is 0.591. The van der Waals surface area contributed by atoms with Crippen molar-refractivity contribution in [1.29, 1.82) is 0 Å². The highest BCUT2D eigenvalue weighted by atomic mass is 15.1. The summed E-state index contributed by atoms with van der Waals surface area (Å²) in [6, 6.07) is 16.4. The van der Waals surface area contributed by atoms with Crippen molar-refractivity contribution in [3.63, 3.8) is 0 Å². The average Bonchev–Trinajstić information content (AvgIpc) is 2.79. The zero-order valence-corrected chi connectivity index (χ0v) is 12.6. The Morgan fingerprint density at radius 1 is 1.05 bits per heavy atom. The van der Waals surface area contributed by atoms with Crippen LogP contribution in [0.4, 0.5) is 5.69 Å². The Labute approximate surface area is 125 Å². The van der Waals surface area contributed by atoms with Gasteiger partial charge in [-0.2, -0.15) is 0 Å². The van der Waals surface area contributed by atoms with Gasteiger partial charge in [-0.15, -0.1) is 0 Å². The van der Waals surface area contributed by atoms with E-state index in [1.807, 2.05) is 18.2 Å². The number of nitrogen functional groups attached to an aromatic ring is 1. The normalized spacial score (nSPS) is 11.4. The van der Waals surface area contributed by atoms with Crippen LogP contribution in [0.1, 0.15) is 25.2 Å². The first-order chi connectivity index (χ1) is 10.1. The summed E-state index contributed by atoms with van der Waals surface area (Å²) in [5, 5.41) is 0. The summed E-state index contributed by atoms with van der Waals surface area (Å²) in [6.45, 7) is 5.47. The number of anilines is 1. The Bertz CT molecular complexity index is 739. The fourth-order valence-corrected chi connectivity index (χ4v) is 2.65. The van der Waals surface area contributed by atoms with Crippen LogP contribution in [-0.4, -0.2) is 9.55 Å². The number of imidazole rings is 1. The van der Waals surface area contributed by atoms with Gasteiger partial charge in [-0.25, -0.2) is 4.98 Å². The summed E-state index contributed by atoms with van der Waals surface area (Å²) in [7, 11) is 0. The lowest BCUT2D eigenvalue weighted by Gasteiger charge is -2.12. The summed E-state index contributed by atoms with van der Waals surface area (Å²) in [6.07, 6.45) is 0.835. The Kier molecular flexibility index (Phi) is 3.65. The van der Waals surface area contributed by atoms with E-state index in [4.69, 9.17) is 10.7 Å². The zero-order chi connectivity index (χ0) is 14.8. The third-order valence-corrected chi connectivity index (χ3v) is 3.62. The van der Waals surface area contributed by atoms with Gasteiger partial charge in [-0.05, 0) is 35.7 Å². The van der Waals surface area contributed by atoms with Gasteiger partial charge >= 0.3 is 0 Å². The molecule has 108 valence electrons.